The van der Waals surface area contributed by atoms with E-state index >= 15 is 0 Å². The molecule has 27 heavy (non-hydrogen) atoms. The summed E-state index contributed by atoms with van der Waals surface area (Å²) in [6.45, 7) is 0.599. The average molecular weight is 366 g/mol. The maximum atomic E-state index is 12.6. The summed E-state index contributed by atoms with van der Waals surface area (Å²) >= 11 is 0. The SMILES string of the molecule is NCC(=O)CCCCCNC(=O)c1ccc2oc3ccccc3c(=O)c2c1. The lowest BCUT2D eigenvalue weighted by atomic mass is 10.1. The van der Waals surface area contributed by atoms with E-state index in [1.165, 1.54) is 0 Å². The molecule has 3 N–H and O–H groups in total. The number of rotatable bonds is 8. The van der Waals surface area contributed by atoms with Crippen LogP contribution in [0.4, 0.5) is 0 Å². The van der Waals surface area contributed by atoms with E-state index in [1.54, 1.807) is 36.4 Å². The smallest absolute Gasteiger partial charge is 0.251 e. The van der Waals surface area contributed by atoms with Crippen molar-refractivity contribution in [2.75, 3.05) is 13.1 Å². The van der Waals surface area contributed by atoms with Crippen LogP contribution in [0, 0.1) is 0 Å². The summed E-state index contributed by atoms with van der Waals surface area (Å²) in [4.78, 5) is 36.1. The Kier molecular flexibility index (Phi) is 5.98. The van der Waals surface area contributed by atoms with Gasteiger partial charge >= 0.3 is 0 Å². The molecule has 6 heteroatoms. The number of ketones is 1. The van der Waals surface area contributed by atoms with Crippen LogP contribution < -0.4 is 16.5 Å². The molecule has 0 radical (unpaired) electrons. The lowest BCUT2D eigenvalue weighted by molar-refractivity contribution is -0.117. The highest BCUT2D eigenvalue weighted by Gasteiger charge is 2.11. The van der Waals surface area contributed by atoms with Crippen LogP contribution in [-0.2, 0) is 4.79 Å². The first-order valence-electron chi connectivity index (χ1n) is 9.05. The largest absolute Gasteiger partial charge is 0.456 e. The summed E-state index contributed by atoms with van der Waals surface area (Å²) in [5, 5.41) is 3.73. The highest BCUT2D eigenvalue weighted by atomic mass is 16.3. The van der Waals surface area contributed by atoms with Crippen molar-refractivity contribution >= 4 is 33.6 Å². The second-order valence-corrected chi connectivity index (χ2v) is 6.45. The third-order valence-corrected chi connectivity index (χ3v) is 4.48. The lowest BCUT2D eigenvalue weighted by Crippen LogP contribution is -2.24. The second kappa shape index (κ2) is 8.60. The van der Waals surface area contributed by atoms with E-state index in [9.17, 15) is 14.4 Å². The van der Waals surface area contributed by atoms with E-state index < -0.39 is 0 Å². The number of para-hydroxylation sites is 1. The van der Waals surface area contributed by atoms with Crippen molar-refractivity contribution in [2.45, 2.75) is 25.7 Å². The number of benzene rings is 2. The zero-order valence-corrected chi connectivity index (χ0v) is 15.0. The minimum Gasteiger partial charge on any atom is -0.456 e. The Hall–Kier alpha value is -2.99. The number of hydrogen-bond donors (Lipinski definition) is 2. The fourth-order valence-corrected chi connectivity index (χ4v) is 2.97. The van der Waals surface area contributed by atoms with Crippen molar-refractivity contribution < 1.29 is 14.0 Å². The summed E-state index contributed by atoms with van der Waals surface area (Å²) in [6, 6.07) is 11.9. The Labute approximate surface area is 156 Å². The monoisotopic (exact) mass is 366 g/mol. The maximum absolute atomic E-state index is 12.6. The van der Waals surface area contributed by atoms with Gasteiger partial charge in [-0.1, -0.05) is 18.6 Å². The third-order valence-electron chi connectivity index (χ3n) is 4.48. The number of amides is 1. The van der Waals surface area contributed by atoms with Crippen molar-refractivity contribution in [3.05, 3.63) is 58.3 Å². The van der Waals surface area contributed by atoms with E-state index in [4.69, 9.17) is 10.2 Å². The fraction of sp³-hybridized carbons (Fsp3) is 0.286. The van der Waals surface area contributed by atoms with E-state index in [0.717, 1.165) is 19.3 Å². The molecule has 0 aliphatic carbocycles. The molecule has 0 bridgehead atoms. The molecular weight excluding hydrogens is 344 g/mol. The number of hydrogen-bond acceptors (Lipinski definition) is 5. The van der Waals surface area contributed by atoms with E-state index in [2.05, 4.69) is 5.32 Å². The van der Waals surface area contributed by atoms with Crippen molar-refractivity contribution in [1.29, 1.82) is 0 Å². The van der Waals surface area contributed by atoms with Crippen LogP contribution in [0.1, 0.15) is 36.0 Å². The van der Waals surface area contributed by atoms with Gasteiger partial charge < -0.3 is 15.5 Å². The number of carbonyl (C=O) groups is 2. The minimum absolute atomic E-state index is 0.0570. The summed E-state index contributed by atoms with van der Waals surface area (Å²) in [5.41, 5.74) is 6.52. The van der Waals surface area contributed by atoms with E-state index in [1.807, 2.05) is 6.07 Å². The molecule has 3 aromatic rings. The van der Waals surface area contributed by atoms with Crippen LogP contribution in [0.3, 0.4) is 0 Å². The van der Waals surface area contributed by atoms with Gasteiger partial charge in [0.25, 0.3) is 5.91 Å². The highest BCUT2D eigenvalue weighted by molar-refractivity contribution is 5.99. The zero-order valence-electron chi connectivity index (χ0n) is 15.0. The lowest BCUT2D eigenvalue weighted by Gasteiger charge is -2.07. The molecule has 0 atom stereocenters. The predicted molar refractivity (Wildman–Crippen MR) is 105 cm³/mol. The van der Waals surface area contributed by atoms with Crippen LogP contribution in [0.5, 0.6) is 0 Å². The molecule has 1 aromatic heterocycles. The Balaban J connectivity index is 1.65. The minimum atomic E-state index is -0.234. The van der Waals surface area contributed by atoms with Gasteiger partial charge in [0, 0.05) is 18.5 Å². The van der Waals surface area contributed by atoms with Gasteiger partial charge in [0.2, 0.25) is 5.43 Å². The first-order valence-corrected chi connectivity index (χ1v) is 9.05. The number of unbranched alkanes of at least 4 members (excludes halogenated alkanes) is 2. The van der Waals surface area contributed by atoms with Gasteiger partial charge in [-0.25, -0.2) is 0 Å². The highest BCUT2D eigenvalue weighted by Crippen LogP contribution is 2.19. The number of nitrogens with one attached hydrogen (secondary N) is 1. The molecule has 0 saturated heterocycles. The Morgan fingerprint density at radius 1 is 0.963 bits per heavy atom. The Bertz CT molecular complexity index is 1040. The third kappa shape index (κ3) is 4.41. The van der Waals surface area contributed by atoms with Gasteiger partial charge in [0.15, 0.2) is 0 Å². The van der Waals surface area contributed by atoms with Gasteiger partial charge in [-0.3, -0.25) is 14.4 Å². The van der Waals surface area contributed by atoms with Crippen molar-refractivity contribution in [1.82, 2.24) is 5.32 Å². The molecule has 2 aromatic carbocycles. The molecule has 0 spiro atoms. The molecule has 0 aliphatic rings. The summed E-state index contributed by atoms with van der Waals surface area (Å²) in [5.74, 6) is -0.177. The standard InChI is InChI=1S/C21H22N2O4/c22-13-15(24)6-2-1-5-11-23-21(26)14-9-10-19-17(12-14)20(25)16-7-3-4-8-18(16)27-19/h3-4,7-10,12H,1-2,5-6,11,13,22H2,(H,23,26). The van der Waals surface area contributed by atoms with Crippen molar-refractivity contribution in [3.8, 4) is 0 Å². The predicted octanol–water partition coefficient (Wildman–Crippen LogP) is 2.76. The molecule has 0 aliphatic heterocycles. The first kappa shape index (κ1) is 18.8. The normalized spacial score (nSPS) is 11.0. The van der Waals surface area contributed by atoms with Gasteiger partial charge in [0.05, 0.1) is 17.3 Å². The van der Waals surface area contributed by atoms with Crippen molar-refractivity contribution in [3.63, 3.8) is 0 Å². The quantitative estimate of drug-likeness (QED) is 0.471. The molecule has 0 fully saturated rings. The van der Waals surface area contributed by atoms with Gasteiger partial charge in [-0.05, 0) is 43.2 Å². The summed E-state index contributed by atoms with van der Waals surface area (Å²) in [6.07, 6.45) is 2.89. The Morgan fingerprint density at radius 3 is 2.56 bits per heavy atom. The van der Waals surface area contributed by atoms with Gasteiger partial charge in [-0.15, -0.1) is 0 Å². The average Bonchev–Trinajstić information content (AvgIpc) is 2.70. The number of nitrogens with two attached hydrogens (primary N) is 1. The number of Topliss-reactive ketones (excluding diaryl/α,β-unsaturated/α-hetero) is 1. The second-order valence-electron chi connectivity index (χ2n) is 6.45. The topological polar surface area (TPSA) is 102 Å². The molecule has 140 valence electrons. The molecule has 0 unspecified atom stereocenters. The van der Waals surface area contributed by atoms with E-state index in [-0.39, 0.29) is 23.7 Å². The summed E-state index contributed by atoms with van der Waals surface area (Å²) < 4.78 is 5.75. The molecule has 6 nitrogen and oxygen atoms in total. The van der Waals surface area contributed by atoms with Crippen LogP contribution in [0.25, 0.3) is 21.9 Å². The molecule has 0 saturated carbocycles. The first-order chi connectivity index (χ1) is 13.1. The van der Waals surface area contributed by atoms with Crippen LogP contribution in [0.2, 0.25) is 0 Å². The van der Waals surface area contributed by atoms with Gasteiger partial charge in [0.1, 0.15) is 16.9 Å². The molecule has 1 amide bonds. The summed E-state index contributed by atoms with van der Waals surface area (Å²) in [7, 11) is 0. The van der Waals surface area contributed by atoms with Crippen LogP contribution in [0.15, 0.2) is 51.7 Å². The van der Waals surface area contributed by atoms with Crippen LogP contribution >= 0.6 is 0 Å². The zero-order chi connectivity index (χ0) is 19.2. The maximum Gasteiger partial charge on any atom is 0.251 e. The number of fused-ring (bicyclic) bond motifs is 2. The number of carbonyl (C=O) groups excluding carboxylic acids is 2. The fourth-order valence-electron chi connectivity index (χ4n) is 2.97. The van der Waals surface area contributed by atoms with E-state index in [0.29, 0.717) is 40.5 Å². The molecule has 3 rings (SSSR count). The molecule has 1 heterocycles. The van der Waals surface area contributed by atoms with Crippen molar-refractivity contribution in [2.24, 2.45) is 5.73 Å². The van der Waals surface area contributed by atoms with Crippen LogP contribution in [-0.4, -0.2) is 24.8 Å². The Morgan fingerprint density at radius 2 is 1.74 bits per heavy atom. The molecular formula is C21H22N2O4. The van der Waals surface area contributed by atoms with Gasteiger partial charge in [-0.2, -0.15) is 0 Å².